The molecule has 0 aromatic heterocycles. The second-order valence-electron chi connectivity index (χ2n) is 5.44. The first kappa shape index (κ1) is 16.6. The summed E-state index contributed by atoms with van der Waals surface area (Å²) < 4.78 is 42.1. The topological polar surface area (TPSA) is 41.6 Å². The first-order valence-corrected chi connectivity index (χ1v) is 7.15. The van der Waals surface area contributed by atoms with Crippen LogP contribution in [-0.2, 0) is 11.3 Å². The molecule has 1 aliphatic rings. The predicted molar refractivity (Wildman–Crippen MR) is 75.3 cm³/mol. The number of nitrogens with zero attached hydrogens (tertiary/aromatic N) is 1. The van der Waals surface area contributed by atoms with Gasteiger partial charge in [0.15, 0.2) is 0 Å². The van der Waals surface area contributed by atoms with E-state index in [1.807, 2.05) is 30.3 Å². The number of nitrogens with one attached hydrogen (secondary N) is 1. The number of halogens is 3. The number of carbonyl (C=O) groups excluding carboxylic acids is 1. The minimum absolute atomic E-state index is 0.371. The highest BCUT2D eigenvalue weighted by atomic mass is 19.4. The highest BCUT2D eigenvalue weighted by Gasteiger charge is 2.38. The van der Waals surface area contributed by atoms with Crippen molar-refractivity contribution < 1.29 is 22.7 Å². The third kappa shape index (κ3) is 4.91. The van der Waals surface area contributed by atoms with Gasteiger partial charge in [0.2, 0.25) is 0 Å². The van der Waals surface area contributed by atoms with E-state index in [-0.39, 0.29) is 6.10 Å². The van der Waals surface area contributed by atoms with Crippen LogP contribution in [0.15, 0.2) is 30.3 Å². The van der Waals surface area contributed by atoms with Crippen molar-refractivity contribution in [3.8, 4) is 0 Å². The molecule has 1 aromatic rings. The Kier molecular flexibility index (Phi) is 5.28. The largest absolute Gasteiger partial charge is 0.445 e. The molecule has 122 valence electrons. The van der Waals surface area contributed by atoms with Crippen LogP contribution in [0.1, 0.15) is 18.9 Å². The van der Waals surface area contributed by atoms with Gasteiger partial charge >= 0.3 is 12.3 Å². The molecule has 7 heteroatoms. The van der Waals surface area contributed by atoms with Gasteiger partial charge < -0.3 is 10.1 Å². The Labute approximate surface area is 127 Å². The Balaban J connectivity index is 1.75. The Morgan fingerprint density at radius 3 is 2.73 bits per heavy atom. The molecule has 4 nitrogen and oxygen atoms in total. The summed E-state index contributed by atoms with van der Waals surface area (Å²) in [7, 11) is 0. The molecule has 0 saturated carbocycles. The van der Waals surface area contributed by atoms with Gasteiger partial charge in [-0.15, -0.1) is 0 Å². The van der Waals surface area contributed by atoms with Gasteiger partial charge in [-0.3, -0.25) is 4.90 Å². The molecule has 0 aliphatic carbocycles. The van der Waals surface area contributed by atoms with Crippen LogP contribution in [-0.4, -0.2) is 42.4 Å². The fraction of sp³-hybridized carbons (Fsp3) is 0.533. The van der Waals surface area contributed by atoms with Crippen LogP contribution in [0.2, 0.25) is 0 Å². The van der Waals surface area contributed by atoms with E-state index in [1.165, 1.54) is 0 Å². The monoisotopic (exact) mass is 316 g/mol. The first-order chi connectivity index (χ1) is 10.3. The van der Waals surface area contributed by atoms with Crippen molar-refractivity contribution in [2.24, 2.45) is 0 Å². The molecule has 1 saturated heterocycles. The van der Waals surface area contributed by atoms with Crippen LogP contribution in [0.4, 0.5) is 18.0 Å². The molecule has 0 radical (unpaired) electrons. The van der Waals surface area contributed by atoms with E-state index in [4.69, 9.17) is 4.74 Å². The summed E-state index contributed by atoms with van der Waals surface area (Å²) in [5.74, 6) is 0. The number of hydrogen-bond donors (Lipinski definition) is 1. The summed E-state index contributed by atoms with van der Waals surface area (Å²) in [6, 6.07) is 7.93. The average Bonchev–Trinajstić information content (AvgIpc) is 2.85. The third-order valence-electron chi connectivity index (χ3n) is 3.58. The Morgan fingerprint density at radius 2 is 2.09 bits per heavy atom. The number of amides is 1. The standard InChI is InChI=1S/C15H19F3N2O2/c1-11(15(16,17)18)19-14(21)22-13-7-8-20(10-13)9-12-5-3-2-4-6-12/h2-6,11,13H,7-10H2,1H3,(H,19,21)/t11-,13-/m0/s1. The number of likely N-dealkylation sites (tertiary alicyclic amines) is 1. The van der Waals surface area contributed by atoms with Gasteiger partial charge in [-0.2, -0.15) is 13.2 Å². The van der Waals surface area contributed by atoms with Gasteiger partial charge in [0.25, 0.3) is 0 Å². The molecule has 1 aromatic carbocycles. The minimum atomic E-state index is -4.46. The maximum Gasteiger partial charge on any atom is 0.408 e. The molecule has 1 fully saturated rings. The van der Waals surface area contributed by atoms with E-state index in [0.717, 1.165) is 25.6 Å². The van der Waals surface area contributed by atoms with Crippen LogP contribution in [0, 0.1) is 0 Å². The van der Waals surface area contributed by atoms with E-state index in [2.05, 4.69) is 4.90 Å². The van der Waals surface area contributed by atoms with Gasteiger partial charge in [0, 0.05) is 19.6 Å². The summed E-state index contributed by atoms with van der Waals surface area (Å²) in [4.78, 5) is 13.6. The third-order valence-corrected chi connectivity index (χ3v) is 3.58. The highest BCUT2D eigenvalue weighted by molar-refractivity contribution is 5.67. The summed E-state index contributed by atoms with van der Waals surface area (Å²) in [6.07, 6.45) is -5.23. The first-order valence-electron chi connectivity index (χ1n) is 7.15. The molecular weight excluding hydrogens is 297 g/mol. The second kappa shape index (κ2) is 7.00. The van der Waals surface area contributed by atoms with E-state index in [0.29, 0.717) is 13.0 Å². The Bertz CT molecular complexity index is 493. The van der Waals surface area contributed by atoms with E-state index in [9.17, 15) is 18.0 Å². The lowest BCUT2D eigenvalue weighted by Gasteiger charge is -2.19. The van der Waals surface area contributed by atoms with Crippen LogP contribution >= 0.6 is 0 Å². The predicted octanol–water partition coefficient (Wildman–Crippen LogP) is 2.94. The SMILES string of the molecule is C[C@H](NC(=O)O[C@H]1CCN(Cc2ccccc2)C1)C(F)(F)F. The minimum Gasteiger partial charge on any atom is -0.445 e. The number of alkyl halides is 3. The van der Waals surface area contributed by atoms with E-state index >= 15 is 0 Å². The zero-order chi connectivity index (χ0) is 16.2. The van der Waals surface area contributed by atoms with Crippen LogP contribution in [0.5, 0.6) is 0 Å². The number of benzene rings is 1. The van der Waals surface area contributed by atoms with Gasteiger partial charge in [0.05, 0.1) is 0 Å². The van der Waals surface area contributed by atoms with Crippen LogP contribution < -0.4 is 5.32 Å². The lowest BCUT2D eigenvalue weighted by Crippen LogP contribution is -2.44. The molecule has 22 heavy (non-hydrogen) atoms. The van der Waals surface area contributed by atoms with Gasteiger partial charge in [0.1, 0.15) is 12.1 Å². The summed E-state index contributed by atoms with van der Waals surface area (Å²) >= 11 is 0. The molecule has 0 bridgehead atoms. The molecule has 1 amide bonds. The summed E-state index contributed by atoms with van der Waals surface area (Å²) in [5, 5.41) is 1.81. The quantitative estimate of drug-likeness (QED) is 0.928. The molecule has 0 unspecified atom stereocenters. The number of hydrogen-bond acceptors (Lipinski definition) is 3. The average molecular weight is 316 g/mol. The molecule has 1 N–H and O–H groups in total. The van der Waals surface area contributed by atoms with Crippen LogP contribution in [0.3, 0.4) is 0 Å². The molecular formula is C15H19F3N2O2. The maximum atomic E-state index is 12.3. The smallest absolute Gasteiger partial charge is 0.408 e. The zero-order valence-corrected chi connectivity index (χ0v) is 12.3. The molecule has 1 aliphatic heterocycles. The fourth-order valence-corrected chi connectivity index (χ4v) is 2.32. The Morgan fingerprint density at radius 1 is 1.41 bits per heavy atom. The summed E-state index contributed by atoms with van der Waals surface area (Å²) in [5.41, 5.74) is 1.15. The lowest BCUT2D eigenvalue weighted by molar-refractivity contribution is -0.150. The molecule has 0 spiro atoms. The van der Waals surface area contributed by atoms with Gasteiger partial charge in [-0.1, -0.05) is 30.3 Å². The summed E-state index contributed by atoms with van der Waals surface area (Å²) in [6.45, 7) is 2.91. The van der Waals surface area contributed by atoms with Crippen molar-refractivity contribution in [1.82, 2.24) is 10.2 Å². The van der Waals surface area contributed by atoms with Crippen molar-refractivity contribution in [2.45, 2.75) is 38.2 Å². The molecule has 2 rings (SSSR count). The van der Waals surface area contributed by atoms with Gasteiger partial charge in [-0.05, 0) is 18.9 Å². The molecule has 2 atom stereocenters. The Hall–Kier alpha value is -1.76. The van der Waals surface area contributed by atoms with Crippen molar-refractivity contribution in [2.75, 3.05) is 13.1 Å². The van der Waals surface area contributed by atoms with Crippen LogP contribution in [0.25, 0.3) is 0 Å². The van der Waals surface area contributed by atoms with Crippen molar-refractivity contribution >= 4 is 6.09 Å². The lowest BCUT2D eigenvalue weighted by atomic mass is 10.2. The normalized spacial score (nSPS) is 20.6. The number of alkyl carbamates (subject to hydrolysis) is 1. The van der Waals surface area contributed by atoms with E-state index in [1.54, 1.807) is 5.32 Å². The van der Waals surface area contributed by atoms with E-state index < -0.39 is 18.3 Å². The van der Waals surface area contributed by atoms with Gasteiger partial charge in [-0.25, -0.2) is 4.79 Å². The number of carbonyl (C=O) groups is 1. The highest BCUT2D eigenvalue weighted by Crippen LogP contribution is 2.20. The van der Waals surface area contributed by atoms with Crippen molar-refractivity contribution in [1.29, 1.82) is 0 Å². The number of rotatable bonds is 4. The maximum absolute atomic E-state index is 12.3. The van der Waals surface area contributed by atoms with Crippen molar-refractivity contribution in [3.63, 3.8) is 0 Å². The van der Waals surface area contributed by atoms with Crippen molar-refractivity contribution in [3.05, 3.63) is 35.9 Å². The zero-order valence-electron chi connectivity index (χ0n) is 12.3. The molecule has 1 heterocycles. The number of ether oxygens (including phenoxy) is 1. The fourth-order valence-electron chi connectivity index (χ4n) is 2.32. The second-order valence-corrected chi connectivity index (χ2v) is 5.44.